The van der Waals surface area contributed by atoms with E-state index in [2.05, 4.69) is 21.9 Å². The van der Waals surface area contributed by atoms with Gasteiger partial charge in [0.1, 0.15) is 16.9 Å². The van der Waals surface area contributed by atoms with E-state index in [9.17, 15) is 14.7 Å². The molecule has 0 atom stereocenters. The summed E-state index contributed by atoms with van der Waals surface area (Å²) >= 11 is 0. The van der Waals surface area contributed by atoms with Crippen LogP contribution in [-0.4, -0.2) is 47.5 Å². The van der Waals surface area contributed by atoms with E-state index in [1.807, 2.05) is 0 Å². The lowest BCUT2D eigenvalue weighted by atomic mass is 10.2. The van der Waals surface area contributed by atoms with Gasteiger partial charge in [-0.3, -0.25) is 9.59 Å². The van der Waals surface area contributed by atoms with Crippen molar-refractivity contribution in [3.05, 3.63) is 28.4 Å². The van der Waals surface area contributed by atoms with E-state index in [1.165, 1.54) is 6.08 Å². The fourth-order valence-corrected chi connectivity index (χ4v) is 1.81. The van der Waals surface area contributed by atoms with E-state index >= 15 is 0 Å². The number of carbonyl (C=O) groups excluding carboxylic acids is 2. The first-order valence-corrected chi connectivity index (χ1v) is 6.88. The molecule has 1 heterocycles. The number of aromatic nitrogens is 2. The molecule has 0 saturated heterocycles. The second-order valence-corrected chi connectivity index (χ2v) is 4.56. The number of rotatable bonds is 8. The van der Waals surface area contributed by atoms with Gasteiger partial charge in [-0.25, -0.2) is 4.98 Å². The summed E-state index contributed by atoms with van der Waals surface area (Å²) in [5.41, 5.74) is 0.0690. The summed E-state index contributed by atoms with van der Waals surface area (Å²) in [5, 5.41) is 13.1. The normalized spacial score (nSPS) is 12.9. The van der Waals surface area contributed by atoms with E-state index in [4.69, 9.17) is 4.74 Å². The second-order valence-electron chi connectivity index (χ2n) is 4.56. The Labute approximate surface area is 128 Å². The molecule has 3 N–H and O–H groups in total. The SMILES string of the molecule is C=c1[nH]c(CCC(=O)NCCOC)n/c1=C(C=O)/C(O)=C\C. The number of nitrogens with one attached hydrogen (secondary N) is 2. The summed E-state index contributed by atoms with van der Waals surface area (Å²) in [6, 6.07) is 0. The van der Waals surface area contributed by atoms with Gasteiger partial charge < -0.3 is 20.1 Å². The summed E-state index contributed by atoms with van der Waals surface area (Å²) in [4.78, 5) is 29.8. The number of allylic oxidation sites excluding steroid dienone is 2. The zero-order chi connectivity index (χ0) is 16.5. The van der Waals surface area contributed by atoms with Crippen molar-refractivity contribution >= 4 is 24.3 Å². The predicted molar refractivity (Wildman–Crippen MR) is 82.4 cm³/mol. The van der Waals surface area contributed by atoms with E-state index in [1.54, 1.807) is 14.0 Å². The molecule has 1 rings (SSSR count). The number of hydrogen-bond acceptors (Lipinski definition) is 5. The van der Waals surface area contributed by atoms with Gasteiger partial charge in [0, 0.05) is 26.5 Å². The van der Waals surface area contributed by atoms with Crippen LogP contribution < -0.4 is 16.0 Å². The zero-order valence-electron chi connectivity index (χ0n) is 12.8. The number of aromatic amines is 1. The molecule has 0 aliphatic carbocycles. The molecule has 0 fully saturated rings. The summed E-state index contributed by atoms with van der Waals surface area (Å²) < 4.78 is 4.84. The number of nitrogens with zero attached hydrogens (tertiary/aromatic N) is 1. The maximum atomic E-state index is 11.6. The van der Waals surface area contributed by atoms with Crippen molar-refractivity contribution in [1.29, 1.82) is 0 Å². The Morgan fingerprint density at radius 3 is 2.86 bits per heavy atom. The third-order valence-electron chi connectivity index (χ3n) is 2.97. The fraction of sp³-hybridized carbons (Fsp3) is 0.400. The quantitative estimate of drug-likeness (QED) is 0.335. The van der Waals surface area contributed by atoms with Gasteiger partial charge >= 0.3 is 0 Å². The van der Waals surface area contributed by atoms with Crippen LogP contribution in [0, 0.1) is 0 Å². The van der Waals surface area contributed by atoms with Gasteiger partial charge in [0.15, 0.2) is 6.29 Å². The molecular formula is C15H21N3O4. The molecule has 22 heavy (non-hydrogen) atoms. The highest BCUT2D eigenvalue weighted by Gasteiger charge is 2.09. The summed E-state index contributed by atoms with van der Waals surface area (Å²) in [5.74, 6) is 0.261. The van der Waals surface area contributed by atoms with Crippen molar-refractivity contribution in [1.82, 2.24) is 15.3 Å². The lowest BCUT2D eigenvalue weighted by molar-refractivity contribution is -0.121. The average Bonchev–Trinajstić information content (AvgIpc) is 2.87. The molecule has 7 heteroatoms. The molecular weight excluding hydrogens is 286 g/mol. The first-order chi connectivity index (χ1) is 10.5. The molecule has 0 aliphatic rings. The standard InChI is InChI=1S/C15H21N3O4/c1-4-12(20)11(9-19)15-10(2)17-13(18-15)5-6-14(21)16-7-8-22-3/h4,9,20H,2,5-8H2,1,3H3,(H,16,21)(H,17,18)/b12-4+,15-11+. The van der Waals surface area contributed by atoms with Crippen LogP contribution in [0.2, 0.25) is 0 Å². The van der Waals surface area contributed by atoms with Crippen LogP contribution in [0.4, 0.5) is 0 Å². The number of carbonyl (C=O) groups is 2. The maximum Gasteiger partial charge on any atom is 0.220 e. The summed E-state index contributed by atoms with van der Waals surface area (Å²) in [7, 11) is 1.56. The molecule has 0 bridgehead atoms. The van der Waals surface area contributed by atoms with E-state index in [0.717, 1.165) is 0 Å². The van der Waals surface area contributed by atoms with Crippen molar-refractivity contribution in [2.45, 2.75) is 19.8 Å². The molecule has 1 amide bonds. The molecule has 0 saturated carbocycles. The molecule has 0 spiro atoms. The number of aliphatic hydroxyl groups is 1. The summed E-state index contributed by atoms with van der Waals surface area (Å²) in [6.45, 7) is 6.29. The number of ether oxygens (including phenoxy) is 1. The molecule has 0 radical (unpaired) electrons. The van der Waals surface area contributed by atoms with Crippen molar-refractivity contribution in [2.75, 3.05) is 20.3 Å². The van der Waals surface area contributed by atoms with Crippen LogP contribution in [-0.2, 0) is 20.7 Å². The van der Waals surface area contributed by atoms with Gasteiger partial charge in [-0.05, 0) is 13.0 Å². The lowest BCUT2D eigenvalue weighted by Gasteiger charge is -2.02. The molecule has 1 aromatic heterocycles. The van der Waals surface area contributed by atoms with E-state index in [0.29, 0.717) is 42.4 Å². The van der Waals surface area contributed by atoms with Crippen LogP contribution in [0.25, 0.3) is 12.2 Å². The van der Waals surface area contributed by atoms with Gasteiger partial charge in [-0.2, -0.15) is 0 Å². The van der Waals surface area contributed by atoms with Crippen LogP contribution >= 0.6 is 0 Å². The Morgan fingerprint density at radius 2 is 2.27 bits per heavy atom. The first-order valence-electron chi connectivity index (χ1n) is 6.88. The number of aliphatic hydroxyl groups excluding tert-OH is 1. The Bertz CT molecular complexity index is 661. The first kappa shape index (κ1) is 17.6. The van der Waals surface area contributed by atoms with E-state index < -0.39 is 0 Å². The van der Waals surface area contributed by atoms with Crippen LogP contribution in [0.15, 0.2) is 11.8 Å². The number of H-pyrrole nitrogens is 1. The smallest absolute Gasteiger partial charge is 0.220 e. The van der Waals surface area contributed by atoms with Gasteiger partial charge in [-0.1, -0.05) is 6.58 Å². The van der Waals surface area contributed by atoms with Crippen molar-refractivity contribution < 1.29 is 19.4 Å². The molecule has 0 unspecified atom stereocenters. The number of amides is 1. The molecule has 0 aromatic carbocycles. The number of methoxy groups -OCH3 is 1. The Morgan fingerprint density at radius 1 is 1.55 bits per heavy atom. The van der Waals surface area contributed by atoms with Crippen LogP contribution in [0.1, 0.15) is 19.2 Å². The third-order valence-corrected chi connectivity index (χ3v) is 2.97. The topological polar surface area (TPSA) is 104 Å². The van der Waals surface area contributed by atoms with Crippen molar-refractivity contribution in [3.63, 3.8) is 0 Å². The van der Waals surface area contributed by atoms with Gasteiger partial charge in [0.05, 0.1) is 17.5 Å². The minimum absolute atomic E-state index is 0.0690. The molecule has 7 nitrogen and oxygen atoms in total. The second kappa shape index (κ2) is 8.78. The highest BCUT2D eigenvalue weighted by Crippen LogP contribution is 2.01. The minimum atomic E-state index is -0.157. The van der Waals surface area contributed by atoms with Crippen molar-refractivity contribution in [2.24, 2.45) is 0 Å². The average molecular weight is 307 g/mol. The van der Waals surface area contributed by atoms with Crippen molar-refractivity contribution in [3.8, 4) is 0 Å². The van der Waals surface area contributed by atoms with Crippen LogP contribution in [0.5, 0.6) is 0 Å². The highest BCUT2D eigenvalue weighted by atomic mass is 16.5. The third kappa shape index (κ3) is 4.85. The lowest BCUT2D eigenvalue weighted by Crippen LogP contribution is -2.27. The molecule has 1 aromatic rings. The maximum absolute atomic E-state index is 11.6. The van der Waals surface area contributed by atoms with Gasteiger partial charge in [0.25, 0.3) is 0 Å². The van der Waals surface area contributed by atoms with Gasteiger partial charge in [-0.15, -0.1) is 0 Å². The minimum Gasteiger partial charge on any atom is -0.507 e. The Balaban J connectivity index is 2.83. The zero-order valence-corrected chi connectivity index (χ0v) is 12.8. The number of aldehydes is 1. The highest BCUT2D eigenvalue weighted by molar-refractivity contribution is 6.04. The van der Waals surface area contributed by atoms with E-state index in [-0.39, 0.29) is 23.7 Å². The number of aryl methyl sites for hydroxylation is 1. The van der Waals surface area contributed by atoms with Crippen LogP contribution in [0.3, 0.4) is 0 Å². The number of imidazole rings is 1. The largest absolute Gasteiger partial charge is 0.507 e. The summed E-state index contributed by atoms with van der Waals surface area (Å²) in [6.07, 6.45) is 2.56. The number of hydrogen-bond donors (Lipinski definition) is 3. The van der Waals surface area contributed by atoms with Gasteiger partial charge in [0.2, 0.25) is 5.91 Å². The fourth-order valence-electron chi connectivity index (χ4n) is 1.81. The molecule has 120 valence electrons. The Kier molecular flexibility index (Phi) is 7.04. The monoisotopic (exact) mass is 307 g/mol. The predicted octanol–water partition coefficient (Wildman–Crippen LogP) is -0.673. The molecule has 0 aliphatic heterocycles. The Hall–Kier alpha value is -2.41.